The highest BCUT2D eigenvalue weighted by Gasteiger charge is 2.02. The van der Waals surface area contributed by atoms with Gasteiger partial charge in [-0.2, -0.15) is 5.26 Å². The quantitative estimate of drug-likeness (QED) is 0.607. The van der Waals surface area contributed by atoms with Gasteiger partial charge in [0.2, 0.25) is 0 Å². The molecule has 3 rings (SSSR count). The van der Waals surface area contributed by atoms with Crippen molar-refractivity contribution in [2.75, 3.05) is 7.11 Å². The molecular formula is C15H10N2O. The number of hydrogen-bond acceptors (Lipinski definition) is 3. The van der Waals surface area contributed by atoms with Crippen molar-refractivity contribution >= 4 is 21.7 Å². The summed E-state index contributed by atoms with van der Waals surface area (Å²) < 4.78 is 5.21. The van der Waals surface area contributed by atoms with Gasteiger partial charge in [-0.15, -0.1) is 0 Å². The maximum absolute atomic E-state index is 8.88. The van der Waals surface area contributed by atoms with Crippen molar-refractivity contribution in [1.29, 1.82) is 5.26 Å². The third-order valence-corrected chi connectivity index (χ3v) is 2.98. The standard InChI is InChI=1S/C15H10N2O/c1-18-14-3-2-11-7-15-13(5-12(11)6-14)4-10(8-16)9-17-15/h2-7,9H,1H3. The van der Waals surface area contributed by atoms with Gasteiger partial charge < -0.3 is 4.74 Å². The van der Waals surface area contributed by atoms with Crippen molar-refractivity contribution in [3.8, 4) is 11.8 Å². The van der Waals surface area contributed by atoms with Crippen molar-refractivity contribution in [1.82, 2.24) is 4.98 Å². The molecular weight excluding hydrogens is 224 g/mol. The summed E-state index contributed by atoms with van der Waals surface area (Å²) in [4.78, 5) is 4.29. The Morgan fingerprint density at radius 3 is 2.72 bits per heavy atom. The summed E-state index contributed by atoms with van der Waals surface area (Å²) >= 11 is 0. The summed E-state index contributed by atoms with van der Waals surface area (Å²) in [6, 6.07) is 13.9. The number of pyridine rings is 1. The first-order valence-corrected chi connectivity index (χ1v) is 5.58. The number of hydrogen-bond donors (Lipinski definition) is 0. The van der Waals surface area contributed by atoms with E-state index in [0.717, 1.165) is 27.4 Å². The van der Waals surface area contributed by atoms with E-state index in [-0.39, 0.29) is 0 Å². The minimum atomic E-state index is 0.574. The minimum Gasteiger partial charge on any atom is -0.497 e. The number of nitrogens with zero attached hydrogens (tertiary/aromatic N) is 2. The van der Waals surface area contributed by atoms with Crippen LogP contribution in [0.3, 0.4) is 0 Å². The average Bonchev–Trinajstić information content (AvgIpc) is 2.43. The van der Waals surface area contributed by atoms with Gasteiger partial charge in [0.15, 0.2) is 0 Å². The van der Waals surface area contributed by atoms with Gasteiger partial charge in [-0.1, -0.05) is 6.07 Å². The zero-order valence-electron chi connectivity index (χ0n) is 9.84. The van der Waals surface area contributed by atoms with E-state index >= 15 is 0 Å². The largest absolute Gasteiger partial charge is 0.497 e. The van der Waals surface area contributed by atoms with E-state index in [0.29, 0.717) is 5.56 Å². The fraction of sp³-hybridized carbons (Fsp3) is 0.0667. The molecule has 18 heavy (non-hydrogen) atoms. The molecule has 1 heterocycles. The molecule has 0 saturated heterocycles. The predicted octanol–water partition coefficient (Wildman–Crippen LogP) is 3.27. The van der Waals surface area contributed by atoms with Crippen LogP contribution < -0.4 is 4.74 Å². The summed E-state index contributed by atoms with van der Waals surface area (Å²) in [6.07, 6.45) is 1.59. The summed E-state index contributed by atoms with van der Waals surface area (Å²) in [5.74, 6) is 0.825. The van der Waals surface area contributed by atoms with Crippen LogP contribution in [-0.4, -0.2) is 12.1 Å². The summed E-state index contributed by atoms with van der Waals surface area (Å²) in [7, 11) is 1.65. The fourth-order valence-electron chi connectivity index (χ4n) is 2.04. The highest BCUT2D eigenvalue weighted by atomic mass is 16.5. The maximum Gasteiger partial charge on any atom is 0.119 e. The number of fused-ring (bicyclic) bond motifs is 2. The minimum absolute atomic E-state index is 0.574. The second-order valence-electron chi connectivity index (χ2n) is 4.09. The molecule has 0 unspecified atom stereocenters. The Labute approximate surface area is 104 Å². The number of methoxy groups -OCH3 is 1. The SMILES string of the molecule is COc1ccc2cc3ncc(C#N)cc3cc2c1. The highest BCUT2D eigenvalue weighted by molar-refractivity contribution is 5.97. The third kappa shape index (κ3) is 1.64. The van der Waals surface area contributed by atoms with E-state index in [2.05, 4.69) is 11.1 Å². The third-order valence-electron chi connectivity index (χ3n) is 2.98. The molecule has 0 radical (unpaired) electrons. The first-order chi connectivity index (χ1) is 8.80. The molecule has 0 amide bonds. The summed E-state index contributed by atoms with van der Waals surface area (Å²) in [6.45, 7) is 0. The van der Waals surface area contributed by atoms with E-state index in [1.807, 2.05) is 36.4 Å². The molecule has 2 aromatic carbocycles. The van der Waals surface area contributed by atoms with E-state index in [9.17, 15) is 0 Å². The molecule has 0 aliphatic carbocycles. The van der Waals surface area contributed by atoms with Crippen LogP contribution in [0.25, 0.3) is 21.7 Å². The fourth-order valence-corrected chi connectivity index (χ4v) is 2.04. The Balaban J connectivity index is 2.33. The van der Waals surface area contributed by atoms with Gasteiger partial charge in [0.1, 0.15) is 11.8 Å². The van der Waals surface area contributed by atoms with E-state index < -0.39 is 0 Å². The Morgan fingerprint density at radius 1 is 1.06 bits per heavy atom. The van der Waals surface area contributed by atoms with E-state index in [4.69, 9.17) is 10.00 Å². The molecule has 86 valence electrons. The lowest BCUT2D eigenvalue weighted by molar-refractivity contribution is 0.415. The lowest BCUT2D eigenvalue weighted by Gasteiger charge is -2.04. The lowest BCUT2D eigenvalue weighted by atomic mass is 10.1. The zero-order valence-corrected chi connectivity index (χ0v) is 9.84. The Bertz CT molecular complexity index is 787. The average molecular weight is 234 g/mol. The van der Waals surface area contributed by atoms with Crippen LogP contribution in [0.5, 0.6) is 5.75 Å². The first-order valence-electron chi connectivity index (χ1n) is 5.58. The Morgan fingerprint density at radius 2 is 1.94 bits per heavy atom. The number of nitriles is 1. The predicted molar refractivity (Wildman–Crippen MR) is 70.5 cm³/mol. The van der Waals surface area contributed by atoms with Gasteiger partial charge in [0.05, 0.1) is 18.2 Å². The van der Waals surface area contributed by atoms with Gasteiger partial charge in [-0.3, -0.25) is 4.98 Å². The van der Waals surface area contributed by atoms with E-state index in [1.54, 1.807) is 13.3 Å². The van der Waals surface area contributed by atoms with Crippen molar-refractivity contribution in [3.05, 3.63) is 48.2 Å². The molecule has 0 aliphatic heterocycles. The molecule has 1 aromatic heterocycles. The normalized spacial score (nSPS) is 10.4. The van der Waals surface area contributed by atoms with Gasteiger partial charge in [-0.25, -0.2) is 0 Å². The van der Waals surface area contributed by atoms with Gasteiger partial charge in [-0.05, 0) is 41.1 Å². The van der Waals surface area contributed by atoms with Crippen LogP contribution in [0.1, 0.15) is 5.56 Å². The van der Waals surface area contributed by atoms with Crippen LogP contribution >= 0.6 is 0 Å². The molecule has 0 spiro atoms. The van der Waals surface area contributed by atoms with Crippen LogP contribution in [0.4, 0.5) is 0 Å². The number of ether oxygens (including phenoxy) is 1. The van der Waals surface area contributed by atoms with Crippen LogP contribution in [0.15, 0.2) is 42.6 Å². The van der Waals surface area contributed by atoms with Gasteiger partial charge >= 0.3 is 0 Å². The molecule has 0 fully saturated rings. The summed E-state index contributed by atoms with van der Waals surface area (Å²) in [5.41, 5.74) is 1.47. The van der Waals surface area contributed by atoms with Gasteiger partial charge in [0.25, 0.3) is 0 Å². The summed E-state index contributed by atoms with van der Waals surface area (Å²) in [5, 5.41) is 12.0. The van der Waals surface area contributed by atoms with Crippen molar-refractivity contribution in [2.24, 2.45) is 0 Å². The number of benzene rings is 2. The topological polar surface area (TPSA) is 45.9 Å². The monoisotopic (exact) mass is 234 g/mol. The maximum atomic E-state index is 8.88. The molecule has 0 bridgehead atoms. The smallest absolute Gasteiger partial charge is 0.119 e. The van der Waals surface area contributed by atoms with Crippen LogP contribution in [-0.2, 0) is 0 Å². The molecule has 3 aromatic rings. The number of rotatable bonds is 1. The Hall–Kier alpha value is -2.60. The van der Waals surface area contributed by atoms with Crippen molar-refractivity contribution in [3.63, 3.8) is 0 Å². The molecule has 0 atom stereocenters. The highest BCUT2D eigenvalue weighted by Crippen LogP contribution is 2.25. The van der Waals surface area contributed by atoms with Gasteiger partial charge in [0, 0.05) is 11.6 Å². The van der Waals surface area contributed by atoms with E-state index in [1.165, 1.54) is 0 Å². The molecule has 0 N–H and O–H groups in total. The van der Waals surface area contributed by atoms with Crippen molar-refractivity contribution in [2.45, 2.75) is 0 Å². The molecule has 3 heteroatoms. The lowest BCUT2D eigenvalue weighted by Crippen LogP contribution is -1.85. The molecule has 0 aliphatic rings. The Kier molecular flexibility index (Phi) is 2.35. The van der Waals surface area contributed by atoms with Crippen molar-refractivity contribution < 1.29 is 4.74 Å². The number of aromatic nitrogens is 1. The second kappa shape index (κ2) is 4.01. The zero-order chi connectivity index (χ0) is 12.5. The first kappa shape index (κ1) is 10.5. The second-order valence-corrected chi connectivity index (χ2v) is 4.09. The van der Waals surface area contributed by atoms with Crippen LogP contribution in [0.2, 0.25) is 0 Å². The van der Waals surface area contributed by atoms with Crippen LogP contribution in [0, 0.1) is 11.3 Å². The molecule has 3 nitrogen and oxygen atoms in total. The molecule has 0 saturated carbocycles.